The van der Waals surface area contributed by atoms with Crippen LogP contribution >= 0.6 is 0 Å². The van der Waals surface area contributed by atoms with Gasteiger partial charge in [-0.3, -0.25) is 9.78 Å². The average Bonchev–Trinajstić information content (AvgIpc) is 3.33. The van der Waals surface area contributed by atoms with Crippen molar-refractivity contribution in [3.63, 3.8) is 0 Å². The van der Waals surface area contributed by atoms with E-state index in [0.29, 0.717) is 5.56 Å². The second-order valence-electron chi connectivity index (χ2n) is 7.62. The Bertz CT molecular complexity index is 1370. The van der Waals surface area contributed by atoms with Crippen LogP contribution in [-0.2, 0) is 21.3 Å². The van der Waals surface area contributed by atoms with Crippen LogP contribution in [0.3, 0.4) is 0 Å². The summed E-state index contributed by atoms with van der Waals surface area (Å²) in [5.41, 5.74) is 3.70. The molecule has 4 rings (SSSR count). The van der Waals surface area contributed by atoms with E-state index in [9.17, 15) is 13.2 Å². The highest BCUT2D eigenvalue weighted by Crippen LogP contribution is 2.23. The van der Waals surface area contributed by atoms with Gasteiger partial charge in [0.25, 0.3) is 5.91 Å². The molecule has 2 heterocycles. The number of benzene rings is 2. The Labute approximate surface area is 203 Å². The first-order valence-electron chi connectivity index (χ1n) is 10.9. The SMILES string of the molecule is COCCNS(=O)(=O)c1ccc(C(=O)NCc2cn(-c3ccccc3)nc2-c2ccncc2)cc1. The van der Waals surface area contributed by atoms with E-state index < -0.39 is 10.0 Å². The molecule has 180 valence electrons. The molecule has 35 heavy (non-hydrogen) atoms. The highest BCUT2D eigenvalue weighted by molar-refractivity contribution is 7.89. The van der Waals surface area contributed by atoms with Crippen molar-refractivity contribution in [3.8, 4) is 16.9 Å². The summed E-state index contributed by atoms with van der Waals surface area (Å²) in [7, 11) is -2.17. The number of ether oxygens (including phenoxy) is 1. The Hall–Kier alpha value is -3.86. The number of carbonyl (C=O) groups excluding carboxylic acids is 1. The predicted molar refractivity (Wildman–Crippen MR) is 131 cm³/mol. The quantitative estimate of drug-likeness (QED) is 0.330. The number of aromatic nitrogens is 3. The summed E-state index contributed by atoms with van der Waals surface area (Å²) >= 11 is 0. The van der Waals surface area contributed by atoms with Crippen LogP contribution in [0.5, 0.6) is 0 Å². The molecule has 0 aliphatic heterocycles. The van der Waals surface area contributed by atoms with Crippen LogP contribution in [-0.4, -0.2) is 49.4 Å². The Balaban J connectivity index is 1.50. The molecule has 0 spiro atoms. The lowest BCUT2D eigenvalue weighted by Gasteiger charge is -2.08. The number of carbonyl (C=O) groups is 1. The number of methoxy groups -OCH3 is 1. The monoisotopic (exact) mass is 491 g/mol. The van der Waals surface area contributed by atoms with E-state index in [4.69, 9.17) is 9.84 Å². The highest BCUT2D eigenvalue weighted by atomic mass is 32.2. The Morgan fingerprint density at radius 3 is 2.40 bits per heavy atom. The van der Waals surface area contributed by atoms with Crippen LogP contribution in [0, 0.1) is 0 Å². The number of hydrogen-bond acceptors (Lipinski definition) is 6. The molecule has 0 atom stereocenters. The van der Waals surface area contributed by atoms with Crippen molar-refractivity contribution in [2.24, 2.45) is 0 Å². The van der Waals surface area contributed by atoms with Gasteiger partial charge in [-0.05, 0) is 48.5 Å². The number of nitrogens with zero attached hydrogens (tertiary/aromatic N) is 3. The number of pyridine rings is 1. The van der Waals surface area contributed by atoms with E-state index in [1.807, 2.05) is 48.7 Å². The van der Waals surface area contributed by atoms with Gasteiger partial charge in [-0.15, -0.1) is 0 Å². The molecule has 1 amide bonds. The smallest absolute Gasteiger partial charge is 0.251 e. The Morgan fingerprint density at radius 1 is 1.00 bits per heavy atom. The lowest BCUT2D eigenvalue weighted by atomic mass is 10.1. The molecule has 0 saturated carbocycles. The van der Waals surface area contributed by atoms with Crippen LogP contribution < -0.4 is 10.0 Å². The Kier molecular flexibility index (Phi) is 7.66. The van der Waals surface area contributed by atoms with Crippen LogP contribution in [0.1, 0.15) is 15.9 Å². The number of rotatable bonds is 10. The Morgan fingerprint density at radius 2 is 1.71 bits per heavy atom. The first-order chi connectivity index (χ1) is 17.0. The second-order valence-corrected chi connectivity index (χ2v) is 9.38. The molecule has 2 aromatic heterocycles. The van der Waals surface area contributed by atoms with E-state index >= 15 is 0 Å². The van der Waals surface area contributed by atoms with Gasteiger partial charge in [0.15, 0.2) is 0 Å². The zero-order chi connectivity index (χ0) is 24.7. The molecule has 10 heteroatoms. The summed E-state index contributed by atoms with van der Waals surface area (Å²) < 4.78 is 33.7. The largest absolute Gasteiger partial charge is 0.383 e. The third-order valence-electron chi connectivity index (χ3n) is 5.23. The van der Waals surface area contributed by atoms with Gasteiger partial charge in [-0.25, -0.2) is 17.8 Å². The summed E-state index contributed by atoms with van der Waals surface area (Å²) in [5.74, 6) is -0.325. The van der Waals surface area contributed by atoms with Crippen molar-refractivity contribution in [2.75, 3.05) is 20.3 Å². The predicted octanol–water partition coefficient (Wildman–Crippen LogP) is 2.79. The second kappa shape index (κ2) is 11.0. The molecule has 0 unspecified atom stereocenters. The third kappa shape index (κ3) is 5.99. The average molecular weight is 492 g/mol. The van der Waals surface area contributed by atoms with Gasteiger partial charge in [0.05, 0.1) is 22.9 Å². The molecule has 0 aliphatic carbocycles. The van der Waals surface area contributed by atoms with Crippen molar-refractivity contribution < 1.29 is 17.9 Å². The minimum atomic E-state index is -3.67. The molecule has 0 aliphatic rings. The van der Waals surface area contributed by atoms with Gasteiger partial charge < -0.3 is 10.1 Å². The van der Waals surface area contributed by atoms with Crippen molar-refractivity contribution >= 4 is 15.9 Å². The van der Waals surface area contributed by atoms with Gasteiger partial charge in [-0.1, -0.05) is 18.2 Å². The highest BCUT2D eigenvalue weighted by Gasteiger charge is 2.16. The maximum atomic E-state index is 12.8. The zero-order valence-corrected chi connectivity index (χ0v) is 19.9. The fourth-order valence-corrected chi connectivity index (χ4v) is 4.44. The normalized spacial score (nSPS) is 11.3. The molecule has 9 nitrogen and oxygen atoms in total. The number of nitrogens with one attached hydrogen (secondary N) is 2. The summed E-state index contributed by atoms with van der Waals surface area (Å²) in [6.45, 7) is 0.668. The minimum Gasteiger partial charge on any atom is -0.383 e. The summed E-state index contributed by atoms with van der Waals surface area (Å²) in [6.07, 6.45) is 5.27. The van der Waals surface area contributed by atoms with Crippen LogP contribution in [0.15, 0.2) is 90.2 Å². The van der Waals surface area contributed by atoms with Gasteiger partial charge in [-0.2, -0.15) is 5.10 Å². The molecule has 0 saturated heterocycles. The molecule has 0 bridgehead atoms. The minimum absolute atomic E-state index is 0.0780. The van der Waals surface area contributed by atoms with E-state index in [-0.39, 0.29) is 30.5 Å². The fraction of sp³-hybridized carbons (Fsp3) is 0.160. The number of hydrogen-bond donors (Lipinski definition) is 2. The van der Waals surface area contributed by atoms with E-state index in [0.717, 1.165) is 22.5 Å². The topological polar surface area (TPSA) is 115 Å². The molecule has 0 radical (unpaired) electrons. The maximum absolute atomic E-state index is 12.8. The lowest BCUT2D eigenvalue weighted by molar-refractivity contribution is 0.0951. The van der Waals surface area contributed by atoms with Crippen LogP contribution in [0.25, 0.3) is 16.9 Å². The van der Waals surface area contributed by atoms with E-state index in [1.165, 1.54) is 31.4 Å². The summed E-state index contributed by atoms with van der Waals surface area (Å²) in [4.78, 5) is 16.9. The number of amides is 1. The molecule has 2 aromatic carbocycles. The van der Waals surface area contributed by atoms with Crippen LogP contribution in [0.2, 0.25) is 0 Å². The number of para-hydroxylation sites is 1. The fourth-order valence-electron chi connectivity index (χ4n) is 3.43. The third-order valence-corrected chi connectivity index (χ3v) is 6.71. The first kappa shape index (κ1) is 24.3. The van der Waals surface area contributed by atoms with Crippen molar-refractivity contribution in [1.82, 2.24) is 24.8 Å². The number of sulfonamides is 1. The molecule has 4 aromatic rings. The lowest BCUT2D eigenvalue weighted by Crippen LogP contribution is -2.27. The molecular formula is C25H25N5O4S. The molecule has 2 N–H and O–H groups in total. The summed E-state index contributed by atoms with van der Waals surface area (Å²) in [6, 6.07) is 19.2. The van der Waals surface area contributed by atoms with Gasteiger partial charge in [0.2, 0.25) is 10.0 Å². The zero-order valence-electron chi connectivity index (χ0n) is 19.1. The molecular weight excluding hydrogens is 466 g/mol. The standard InChI is InChI=1S/C25H25N5O4S/c1-34-16-15-28-35(32,33)23-9-7-20(8-10-23)25(31)27-17-21-18-30(22-5-3-2-4-6-22)29-24(21)19-11-13-26-14-12-19/h2-14,18,28H,15-17H2,1H3,(H,27,31). The van der Waals surface area contributed by atoms with Crippen molar-refractivity contribution in [3.05, 3.63) is 96.4 Å². The summed E-state index contributed by atoms with van der Waals surface area (Å²) in [5, 5.41) is 7.63. The maximum Gasteiger partial charge on any atom is 0.251 e. The van der Waals surface area contributed by atoms with Crippen molar-refractivity contribution in [1.29, 1.82) is 0 Å². The van der Waals surface area contributed by atoms with E-state index in [2.05, 4.69) is 15.0 Å². The van der Waals surface area contributed by atoms with E-state index in [1.54, 1.807) is 17.1 Å². The van der Waals surface area contributed by atoms with Crippen molar-refractivity contribution in [2.45, 2.75) is 11.4 Å². The van der Waals surface area contributed by atoms with Crippen LogP contribution in [0.4, 0.5) is 0 Å². The first-order valence-corrected chi connectivity index (χ1v) is 12.4. The van der Waals surface area contributed by atoms with Gasteiger partial charge >= 0.3 is 0 Å². The van der Waals surface area contributed by atoms with Gasteiger partial charge in [0.1, 0.15) is 0 Å². The van der Waals surface area contributed by atoms with Gasteiger partial charge in [0, 0.05) is 55.5 Å². The molecule has 0 fully saturated rings.